The minimum atomic E-state index is -4.48. The normalized spacial score (nSPS) is 13.4. The number of halogens is 3. The second kappa shape index (κ2) is 5.38. The number of anilines is 1. The number of hydrogen-bond acceptors (Lipinski definition) is 4. The molecule has 1 rings (SSSR count). The quantitative estimate of drug-likeness (QED) is 0.802. The standard InChI is InChI=1S/C10H15F3N4O/c1-16(2)9-5-8(10(11,12)13)15-17(9)4-3-7(14)6-18/h5-7H,3-4,14H2,1-2H3. The van der Waals surface area contributed by atoms with Gasteiger partial charge in [0.2, 0.25) is 0 Å². The van der Waals surface area contributed by atoms with Crippen LogP contribution >= 0.6 is 0 Å². The highest BCUT2D eigenvalue weighted by molar-refractivity contribution is 5.56. The number of aldehydes is 1. The number of carbonyl (C=O) groups excluding carboxylic acids is 1. The van der Waals surface area contributed by atoms with Crippen LogP contribution in [0.4, 0.5) is 19.0 Å². The van der Waals surface area contributed by atoms with Gasteiger partial charge in [-0.25, -0.2) is 4.68 Å². The largest absolute Gasteiger partial charge is 0.435 e. The van der Waals surface area contributed by atoms with Gasteiger partial charge in [-0.2, -0.15) is 18.3 Å². The van der Waals surface area contributed by atoms with Crippen LogP contribution in [0.15, 0.2) is 6.07 Å². The van der Waals surface area contributed by atoms with E-state index >= 15 is 0 Å². The fourth-order valence-corrected chi connectivity index (χ4v) is 1.41. The smallest absolute Gasteiger partial charge is 0.363 e. The van der Waals surface area contributed by atoms with Crippen LogP contribution in [-0.2, 0) is 17.5 Å². The summed E-state index contributed by atoms with van der Waals surface area (Å²) in [7, 11) is 3.24. The first-order valence-corrected chi connectivity index (χ1v) is 5.29. The Hall–Kier alpha value is -1.57. The molecule has 1 unspecified atom stereocenters. The molecule has 1 atom stereocenters. The van der Waals surface area contributed by atoms with E-state index in [9.17, 15) is 18.0 Å². The van der Waals surface area contributed by atoms with E-state index < -0.39 is 17.9 Å². The average Bonchev–Trinajstić information content (AvgIpc) is 2.69. The third kappa shape index (κ3) is 3.46. The van der Waals surface area contributed by atoms with Gasteiger partial charge in [0.15, 0.2) is 5.69 Å². The predicted molar refractivity (Wildman–Crippen MR) is 60.2 cm³/mol. The van der Waals surface area contributed by atoms with Crippen LogP contribution in [0.2, 0.25) is 0 Å². The van der Waals surface area contributed by atoms with E-state index in [-0.39, 0.29) is 13.0 Å². The van der Waals surface area contributed by atoms with Crippen molar-refractivity contribution in [1.29, 1.82) is 0 Å². The minimum Gasteiger partial charge on any atom is -0.363 e. The van der Waals surface area contributed by atoms with Crippen molar-refractivity contribution in [1.82, 2.24) is 9.78 Å². The summed E-state index contributed by atoms with van der Waals surface area (Å²) in [6.07, 6.45) is -3.68. The Kier molecular flexibility index (Phi) is 4.33. The van der Waals surface area contributed by atoms with E-state index in [1.54, 1.807) is 14.1 Å². The molecule has 0 spiro atoms. The van der Waals surface area contributed by atoms with Gasteiger partial charge in [0.25, 0.3) is 0 Å². The van der Waals surface area contributed by atoms with E-state index in [1.165, 1.54) is 9.58 Å². The van der Waals surface area contributed by atoms with Crippen molar-refractivity contribution in [2.45, 2.75) is 25.2 Å². The van der Waals surface area contributed by atoms with Gasteiger partial charge in [0.1, 0.15) is 12.1 Å². The monoisotopic (exact) mass is 264 g/mol. The summed E-state index contributed by atoms with van der Waals surface area (Å²) in [6.45, 7) is 0.156. The third-order valence-electron chi connectivity index (χ3n) is 2.36. The number of hydrogen-bond donors (Lipinski definition) is 1. The maximum absolute atomic E-state index is 12.5. The fourth-order valence-electron chi connectivity index (χ4n) is 1.41. The molecule has 1 aromatic heterocycles. The molecule has 8 heteroatoms. The molecule has 0 bridgehead atoms. The summed E-state index contributed by atoms with van der Waals surface area (Å²) in [4.78, 5) is 11.9. The molecule has 0 aliphatic heterocycles. The first-order valence-electron chi connectivity index (χ1n) is 5.29. The van der Waals surface area contributed by atoms with E-state index in [0.717, 1.165) is 6.07 Å². The Morgan fingerprint density at radius 3 is 2.61 bits per heavy atom. The Morgan fingerprint density at radius 2 is 2.17 bits per heavy atom. The average molecular weight is 264 g/mol. The molecule has 0 aliphatic rings. The molecule has 0 saturated carbocycles. The van der Waals surface area contributed by atoms with Crippen molar-refractivity contribution in [3.05, 3.63) is 11.8 Å². The molecule has 1 aromatic rings. The lowest BCUT2D eigenvalue weighted by molar-refractivity contribution is -0.141. The van der Waals surface area contributed by atoms with Crippen molar-refractivity contribution < 1.29 is 18.0 Å². The molecule has 0 amide bonds. The highest BCUT2D eigenvalue weighted by Crippen LogP contribution is 2.30. The first-order chi connectivity index (χ1) is 8.25. The summed E-state index contributed by atoms with van der Waals surface area (Å²) >= 11 is 0. The Bertz CT molecular complexity index is 414. The molecule has 0 fully saturated rings. The molecule has 5 nitrogen and oxygen atoms in total. The SMILES string of the molecule is CN(C)c1cc(C(F)(F)F)nn1CCC(N)C=O. The zero-order valence-corrected chi connectivity index (χ0v) is 10.1. The highest BCUT2D eigenvalue weighted by Gasteiger charge is 2.35. The predicted octanol–water partition coefficient (Wildman–Crippen LogP) is 0.884. The molecule has 0 saturated heterocycles. The van der Waals surface area contributed by atoms with Crippen LogP contribution in [0.1, 0.15) is 12.1 Å². The summed E-state index contributed by atoms with van der Waals surface area (Å²) < 4.78 is 38.8. The van der Waals surface area contributed by atoms with Crippen molar-refractivity contribution in [3.63, 3.8) is 0 Å². The summed E-state index contributed by atoms with van der Waals surface area (Å²) in [5, 5.41) is 3.49. The molecular weight excluding hydrogens is 249 g/mol. The van der Waals surface area contributed by atoms with E-state index in [4.69, 9.17) is 5.73 Å². The lowest BCUT2D eigenvalue weighted by Gasteiger charge is -2.14. The molecule has 1 heterocycles. The zero-order chi connectivity index (χ0) is 13.9. The molecule has 0 radical (unpaired) electrons. The van der Waals surface area contributed by atoms with Crippen molar-refractivity contribution >= 4 is 12.1 Å². The third-order valence-corrected chi connectivity index (χ3v) is 2.36. The summed E-state index contributed by atoms with van der Waals surface area (Å²) in [5.74, 6) is 0.320. The lowest BCUT2D eigenvalue weighted by Crippen LogP contribution is -2.24. The van der Waals surface area contributed by atoms with Crippen molar-refractivity contribution in [3.8, 4) is 0 Å². The Morgan fingerprint density at radius 1 is 1.56 bits per heavy atom. The summed E-state index contributed by atoms with van der Waals surface area (Å²) in [6, 6.07) is 0.269. The van der Waals surface area contributed by atoms with Gasteiger partial charge in [-0.1, -0.05) is 0 Å². The number of alkyl halides is 3. The highest BCUT2D eigenvalue weighted by atomic mass is 19.4. The van der Waals surface area contributed by atoms with Gasteiger partial charge in [-0.15, -0.1) is 0 Å². The van der Waals surface area contributed by atoms with Crippen molar-refractivity contribution in [2.24, 2.45) is 5.73 Å². The van der Waals surface area contributed by atoms with Gasteiger partial charge in [-0.3, -0.25) is 0 Å². The van der Waals surface area contributed by atoms with Crippen molar-refractivity contribution in [2.75, 3.05) is 19.0 Å². The van der Waals surface area contributed by atoms with E-state index in [1.807, 2.05) is 0 Å². The number of rotatable bonds is 5. The Balaban J connectivity index is 2.95. The van der Waals surface area contributed by atoms with Gasteiger partial charge in [-0.05, 0) is 6.42 Å². The second-order valence-electron chi connectivity index (χ2n) is 4.09. The number of nitrogens with two attached hydrogens (primary N) is 1. The maximum Gasteiger partial charge on any atom is 0.435 e. The molecule has 102 valence electrons. The van der Waals surface area contributed by atoms with Gasteiger partial charge in [0.05, 0.1) is 6.04 Å². The van der Waals surface area contributed by atoms with Crippen LogP contribution in [-0.4, -0.2) is 36.2 Å². The van der Waals surface area contributed by atoms with Crippen LogP contribution in [0.3, 0.4) is 0 Å². The minimum absolute atomic E-state index is 0.156. The molecule has 18 heavy (non-hydrogen) atoms. The van der Waals surface area contributed by atoms with Gasteiger partial charge in [0, 0.05) is 26.7 Å². The number of aromatic nitrogens is 2. The van der Waals surface area contributed by atoms with Gasteiger partial charge < -0.3 is 15.4 Å². The molecule has 2 N–H and O–H groups in total. The number of nitrogens with zero attached hydrogens (tertiary/aromatic N) is 3. The fraction of sp³-hybridized carbons (Fsp3) is 0.600. The first kappa shape index (κ1) is 14.5. The maximum atomic E-state index is 12.5. The lowest BCUT2D eigenvalue weighted by atomic mass is 10.2. The van der Waals surface area contributed by atoms with E-state index in [2.05, 4.69) is 5.10 Å². The topological polar surface area (TPSA) is 64.2 Å². The van der Waals surface area contributed by atoms with Crippen LogP contribution in [0.5, 0.6) is 0 Å². The molecular formula is C10H15F3N4O. The van der Waals surface area contributed by atoms with Crippen LogP contribution < -0.4 is 10.6 Å². The Labute approximate surface area is 102 Å². The second-order valence-corrected chi connectivity index (χ2v) is 4.09. The summed E-state index contributed by atoms with van der Waals surface area (Å²) in [5.41, 5.74) is 4.44. The zero-order valence-electron chi connectivity index (χ0n) is 10.1. The number of aryl methyl sites for hydroxylation is 1. The van der Waals surface area contributed by atoms with Gasteiger partial charge >= 0.3 is 6.18 Å². The number of carbonyl (C=O) groups is 1. The molecule has 0 aliphatic carbocycles. The molecule has 0 aromatic carbocycles. The van der Waals surface area contributed by atoms with Crippen LogP contribution in [0, 0.1) is 0 Å². The van der Waals surface area contributed by atoms with E-state index in [0.29, 0.717) is 12.1 Å². The van der Waals surface area contributed by atoms with Crippen LogP contribution in [0.25, 0.3) is 0 Å².